The van der Waals surface area contributed by atoms with Crippen LogP contribution in [-0.4, -0.2) is 28.7 Å². The Hall–Kier alpha value is 0.354. The van der Waals surface area contributed by atoms with Gasteiger partial charge in [-0.3, -0.25) is 0 Å². The second kappa shape index (κ2) is 3.50. The monoisotopic (exact) mass is 164 g/mol. The Bertz CT molecular complexity index is 79.5. The van der Waals surface area contributed by atoms with Crippen LogP contribution in [0, 0.1) is 0 Å². The fourth-order valence-electron chi connectivity index (χ4n) is 0.641. The van der Waals surface area contributed by atoms with Gasteiger partial charge in [0.05, 0.1) is 6.23 Å². The molecule has 4 heteroatoms. The van der Waals surface area contributed by atoms with Gasteiger partial charge in [-0.15, -0.1) is 0 Å². The molecule has 0 aliphatic heterocycles. The van der Waals surface area contributed by atoms with Crippen LogP contribution in [-0.2, 0) is 4.12 Å². The highest BCUT2D eigenvalue weighted by Gasteiger charge is 2.17. The van der Waals surface area contributed by atoms with Crippen LogP contribution in [0.15, 0.2) is 0 Å². The molecular weight excluding hydrogens is 148 g/mol. The van der Waals surface area contributed by atoms with Gasteiger partial charge >= 0.3 is 0 Å². The number of hydrogen-bond acceptors (Lipinski definition) is 2. The van der Waals surface area contributed by atoms with Crippen molar-refractivity contribution in [2.24, 2.45) is 0 Å². The molecule has 1 atom stereocenters. The van der Waals surface area contributed by atoms with E-state index >= 15 is 0 Å². The van der Waals surface area contributed by atoms with Gasteiger partial charge in [-0.1, -0.05) is 0 Å². The van der Waals surface area contributed by atoms with Crippen molar-refractivity contribution in [1.82, 2.24) is 0 Å². The highest BCUT2D eigenvalue weighted by Crippen LogP contribution is 2.03. The van der Waals surface area contributed by atoms with E-state index in [4.69, 9.17) is 9.22 Å². The average molecular weight is 164 g/mol. The molecule has 9 heavy (non-hydrogen) atoms. The van der Waals surface area contributed by atoms with E-state index in [1.807, 2.05) is 6.55 Å². The quantitative estimate of drug-likeness (QED) is 0.623. The van der Waals surface area contributed by atoms with Crippen molar-refractivity contribution in [3.63, 3.8) is 0 Å². The van der Waals surface area contributed by atoms with Crippen molar-refractivity contribution < 1.29 is 9.22 Å². The normalized spacial score (nSPS) is 15.7. The fraction of sp³-hybridized carbons (Fsp3) is 1.00. The van der Waals surface area contributed by atoms with Gasteiger partial charge in [0.15, 0.2) is 17.4 Å². The second-order valence-corrected chi connectivity index (χ2v) is 10.4. The minimum atomic E-state index is -1.34. The molecule has 56 valence electrons. The number of aliphatic hydroxyl groups is 1. The summed E-state index contributed by atoms with van der Waals surface area (Å²) in [7, 11) is -2.53. The van der Waals surface area contributed by atoms with Crippen molar-refractivity contribution in [2.45, 2.75) is 26.2 Å². The first-order valence-electron chi connectivity index (χ1n) is 3.24. The minimum Gasteiger partial charge on any atom is -0.456 e. The summed E-state index contributed by atoms with van der Waals surface area (Å²) < 4.78 is 5.61. The third kappa shape index (κ3) is 6.24. The Morgan fingerprint density at radius 1 is 1.44 bits per heavy atom. The highest BCUT2D eigenvalue weighted by atomic mass is 28.4. The van der Waals surface area contributed by atoms with Crippen molar-refractivity contribution in [2.75, 3.05) is 6.23 Å². The Morgan fingerprint density at radius 2 is 1.89 bits per heavy atom. The molecule has 0 saturated carbocycles. The first-order chi connectivity index (χ1) is 3.95. The third-order valence-electron chi connectivity index (χ3n) is 0.812. The fourth-order valence-corrected chi connectivity index (χ4v) is 5.77. The van der Waals surface area contributed by atoms with Gasteiger partial charge < -0.3 is 9.22 Å². The lowest BCUT2D eigenvalue weighted by molar-refractivity contribution is 0.342. The molecule has 0 radical (unpaired) electrons. The van der Waals surface area contributed by atoms with Gasteiger partial charge in [0.25, 0.3) is 0 Å². The van der Waals surface area contributed by atoms with Crippen molar-refractivity contribution in [1.29, 1.82) is 0 Å². The largest absolute Gasteiger partial charge is 0.456 e. The molecule has 0 aromatic heterocycles. The Labute approximate surface area is 59.7 Å². The molecule has 2 nitrogen and oxygen atoms in total. The van der Waals surface area contributed by atoms with Crippen LogP contribution in [0.1, 0.15) is 0 Å². The molecule has 0 aliphatic carbocycles. The number of hydrogen-bond donors (Lipinski definition) is 1. The van der Waals surface area contributed by atoms with E-state index in [1.165, 1.54) is 0 Å². The standard InChI is InChI=1S/C5H16O2Si2/c1-8(5-6)7-9(2,3)4/h6,8H,5H2,1-4H3. The average Bonchev–Trinajstić information content (AvgIpc) is 1.62. The topological polar surface area (TPSA) is 29.5 Å². The predicted octanol–water partition coefficient (Wildman–Crippen LogP) is 0.723. The van der Waals surface area contributed by atoms with E-state index in [9.17, 15) is 0 Å². The van der Waals surface area contributed by atoms with Crippen molar-refractivity contribution >= 4 is 17.4 Å². The second-order valence-electron chi connectivity index (χ2n) is 3.22. The van der Waals surface area contributed by atoms with Crippen LogP contribution in [0.3, 0.4) is 0 Å². The van der Waals surface area contributed by atoms with Crippen LogP contribution >= 0.6 is 0 Å². The maximum atomic E-state index is 8.66. The van der Waals surface area contributed by atoms with Gasteiger partial charge in [-0.2, -0.15) is 0 Å². The molecule has 0 saturated heterocycles. The maximum Gasteiger partial charge on any atom is 0.185 e. The molecule has 0 amide bonds. The van der Waals surface area contributed by atoms with Gasteiger partial charge in [0.1, 0.15) is 0 Å². The Morgan fingerprint density at radius 3 is 2.00 bits per heavy atom. The van der Waals surface area contributed by atoms with E-state index in [-0.39, 0.29) is 6.23 Å². The van der Waals surface area contributed by atoms with E-state index in [2.05, 4.69) is 19.6 Å². The molecular formula is C5H16O2Si2. The smallest absolute Gasteiger partial charge is 0.185 e. The molecule has 0 aromatic rings. The van der Waals surface area contributed by atoms with Crippen LogP contribution in [0.25, 0.3) is 0 Å². The lowest BCUT2D eigenvalue weighted by Gasteiger charge is -2.21. The van der Waals surface area contributed by atoms with Crippen LogP contribution in [0.5, 0.6) is 0 Å². The molecule has 0 aliphatic rings. The highest BCUT2D eigenvalue weighted by molar-refractivity contribution is 6.76. The molecule has 1 N–H and O–H groups in total. The summed E-state index contributed by atoms with van der Waals surface area (Å²) in [6.07, 6.45) is 0.268. The summed E-state index contributed by atoms with van der Waals surface area (Å²) in [6, 6.07) is 0. The van der Waals surface area contributed by atoms with Gasteiger partial charge in [0, 0.05) is 0 Å². The van der Waals surface area contributed by atoms with Crippen LogP contribution in [0.2, 0.25) is 26.2 Å². The van der Waals surface area contributed by atoms with E-state index in [0.717, 1.165) is 0 Å². The molecule has 0 aromatic carbocycles. The van der Waals surface area contributed by atoms with Gasteiger partial charge in [-0.25, -0.2) is 0 Å². The molecule has 0 rings (SSSR count). The zero-order valence-corrected chi connectivity index (χ0v) is 8.79. The lowest BCUT2D eigenvalue weighted by atomic mass is 11.7. The van der Waals surface area contributed by atoms with E-state index in [0.29, 0.717) is 0 Å². The first-order valence-corrected chi connectivity index (χ1v) is 9.09. The first kappa shape index (κ1) is 9.35. The van der Waals surface area contributed by atoms with Crippen LogP contribution in [0.4, 0.5) is 0 Å². The SMILES string of the molecule is C[SiH](CO)O[Si](C)(C)C. The number of rotatable bonds is 3. The summed E-state index contributed by atoms with van der Waals surface area (Å²) >= 11 is 0. The maximum absolute atomic E-state index is 8.66. The zero-order valence-electron chi connectivity index (χ0n) is 6.64. The van der Waals surface area contributed by atoms with Crippen LogP contribution < -0.4 is 0 Å². The Kier molecular flexibility index (Phi) is 3.64. The molecule has 0 spiro atoms. The Balaban J connectivity index is 3.47. The lowest BCUT2D eigenvalue weighted by Crippen LogP contribution is -2.35. The molecule has 0 heterocycles. The molecule has 1 unspecified atom stereocenters. The molecule has 0 bridgehead atoms. The third-order valence-corrected chi connectivity index (χ3v) is 5.76. The summed E-state index contributed by atoms with van der Waals surface area (Å²) in [5.41, 5.74) is 0. The minimum absolute atomic E-state index is 0.268. The molecule has 0 fully saturated rings. The van der Waals surface area contributed by atoms with Gasteiger partial charge in [0.2, 0.25) is 0 Å². The van der Waals surface area contributed by atoms with Crippen molar-refractivity contribution in [3.8, 4) is 0 Å². The number of aliphatic hydroxyl groups excluding tert-OH is 1. The summed E-state index contributed by atoms with van der Waals surface area (Å²) in [4.78, 5) is 0. The van der Waals surface area contributed by atoms with E-state index in [1.54, 1.807) is 0 Å². The zero-order chi connectivity index (χ0) is 7.49. The van der Waals surface area contributed by atoms with E-state index < -0.39 is 17.4 Å². The summed E-state index contributed by atoms with van der Waals surface area (Å²) in [5, 5.41) is 8.66. The summed E-state index contributed by atoms with van der Waals surface area (Å²) in [6.45, 7) is 8.46. The van der Waals surface area contributed by atoms with Gasteiger partial charge in [-0.05, 0) is 26.2 Å². The summed E-state index contributed by atoms with van der Waals surface area (Å²) in [5.74, 6) is 0. The van der Waals surface area contributed by atoms with Crippen molar-refractivity contribution in [3.05, 3.63) is 0 Å². The predicted molar refractivity (Wildman–Crippen MR) is 44.5 cm³/mol.